The summed E-state index contributed by atoms with van der Waals surface area (Å²) in [4.78, 5) is 26.8. The van der Waals surface area contributed by atoms with Crippen LogP contribution in [0.3, 0.4) is 0 Å². The van der Waals surface area contributed by atoms with Gasteiger partial charge < -0.3 is 4.90 Å². The van der Waals surface area contributed by atoms with Crippen LogP contribution in [0.1, 0.15) is 61.0 Å². The maximum atomic E-state index is 13.2. The summed E-state index contributed by atoms with van der Waals surface area (Å²) < 4.78 is 0. The van der Waals surface area contributed by atoms with Gasteiger partial charge in [0, 0.05) is 18.2 Å². The third-order valence-corrected chi connectivity index (χ3v) is 5.33. The minimum absolute atomic E-state index is 0.287. The summed E-state index contributed by atoms with van der Waals surface area (Å²) in [5.41, 5.74) is 4.02. The molecule has 2 N–H and O–H groups in total. The Kier molecular flexibility index (Phi) is 4.63. The Labute approximate surface area is 143 Å². The molecule has 5 heteroatoms. The largest absolute Gasteiger partial charge is 0.339 e. The molecule has 0 aromatic heterocycles. The molecule has 0 heterocycles. The van der Waals surface area contributed by atoms with Crippen LogP contribution in [0, 0.1) is 5.41 Å². The number of carbonyl (C=O) groups is 2. The second-order valence-corrected chi connectivity index (χ2v) is 7.39. The van der Waals surface area contributed by atoms with Gasteiger partial charge in [-0.05, 0) is 61.8 Å². The summed E-state index contributed by atoms with van der Waals surface area (Å²) in [7, 11) is 0. The molecule has 1 aromatic carbocycles. The maximum Gasteiger partial charge on any atom is 0.274 e. The first-order chi connectivity index (χ1) is 11.5. The Hall–Kier alpha value is -1.88. The fraction of sp³-hybridized carbons (Fsp3) is 0.579. The highest BCUT2D eigenvalue weighted by molar-refractivity contribution is 5.93. The number of benzene rings is 1. The Morgan fingerprint density at radius 2 is 2.08 bits per heavy atom. The molecule has 1 fully saturated rings. The summed E-state index contributed by atoms with van der Waals surface area (Å²) in [6, 6.07) is 5.92. The molecule has 24 heavy (non-hydrogen) atoms. The molecule has 2 aliphatic carbocycles. The molecule has 0 saturated heterocycles. The van der Waals surface area contributed by atoms with E-state index in [0.29, 0.717) is 11.6 Å². The molecule has 1 aromatic rings. The van der Waals surface area contributed by atoms with Crippen molar-refractivity contribution in [3.05, 3.63) is 34.9 Å². The highest BCUT2D eigenvalue weighted by Crippen LogP contribution is 2.40. The summed E-state index contributed by atoms with van der Waals surface area (Å²) in [6.07, 6.45) is 5.57. The number of amides is 2. The Bertz CT molecular complexity index is 654. The maximum absolute atomic E-state index is 13.2. The van der Waals surface area contributed by atoms with Gasteiger partial charge in [-0.2, -0.15) is 0 Å². The molecule has 1 saturated carbocycles. The number of carbonyl (C=O) groups excluding carboxylic acids is 2. The number of rotatable bonds is 5. The monoisotopic (exact) mass is 330 g/mol. The molecule has 1 atom stereocenters. The smallest absolute Gasteiger partial charge is 0.274 e. The van der Waals surface area contributed by atoms with Crippen molar-refractivity contribution < 1.29 is 14.8 Å². The number of hydrogen-bond acceptors (Lipinski definition) is 3. The van der Waals surface area contributed by atoms with Gasteiger partial charge in [-0.3, -0.25) is 14.8 Å². The lowest BCUT2D eigenvalue weighted by Crippen LogP contribution is -2.46. The lowest BCUT2D eigenvalue weighted by molar-refractivity contribution is -0.142. The first-order valence-corrected chi connectivity index (χ1v) is 8.86. The minimum Gasteiger partial charge on any atom is -0.339 e. The van der Waals surface area contributed by atoms with Gasteiger partial charge in [0.2, 0.25) is 5.91 Å². The normalized spacial score (nSPS) is 22.6. The van der Waals surface area contributed by atoms with E-state index in [1.165, 1.54) is 0 Å². The van der Waals surface area contributed by atoms with Crippen LogP contribution < -0.4 is 5.48 Å². The summed E-state index contributed by atoms with van der Waals surface area (Å²) in [5, 5.41) is 8.77. The van der Waals surface area contributed by atoms with Gasteiger partial charge in [0.1, 0.15) is 0 Å². The van der Waals surface area contributed by atoms with Crippen LogP contribution in [0.25, 0.3) is 0 Å². The number of nitrogens with one attached hydrogen (secondary N) is 1. The highest BCUT2D eigenvalue weighted by atomic mass is 16.5. The fourth-order valence-corrected chi connectivity index (χ4v) is 3.76. The number of hydrogen-bond donors (Lipinski definition) is 2. The number of hydroxylamine groups is 1. The molecular formula is C19H26N2O3. The summed E-state index contributed by atoms with van der Waals surface area (Å²) in [6.45, 7) is 5.05. The topological polar surface area (TPSA) is 69.6 Å². The zero-order valence-electron chi connectivity index (χ0n) is 14.5. The molecule has 3 rings (SSSR count). The standard InChI is InChI=1S/C19H26N2O3/c1-3-10-21(16-6-7-16)18(23)19(2)9-8-13-11-14(17(22)20-24)4-5-15(13)12-19/h4-5,11,16,24H,3,6-10,12H2,1-2H3,(H,20,22). The van der Waals surface area contributed by atoms with E-state index in [1.54, 1.807) is 11.5 Å². The van der Waals surface area contributed by atoms with Crippen molar-refractivity contribution in [1.82, 2.24) is 10.4 Å². The molecular weight excluding hydrogens is 304 g/mol. The van der Waals surface area contributed by atoms with E-state index >= 15 is 0 Å². The summed E-state index contributed by atoms with van der Waals surface area (Å²) in [5.74, 6) is -0.209. The molecule has 0 spiro atoms. The zero-order chi connectivity index (χ0) is 17.3. The third kappa shape index (κ3) is 3.18. The van der Waals surface area contributed by atoms with Crippen LogP contribution in [-0.2, 0) is 17.6 Å². The second-order valence-electron chi connectivity index (χ2n) is 7.39. The highest BCUT2D eigenvalue weighted by Gasteiger charge is 2.43. The predicted octanol–water partition coefficient (Wildman–Crippen LogP) is 2.70. The van der Waals surface area contributed by atoms with Crippen LogP contribution in [-0.4, -0.2) is 34.5 Å². The van der Waals surface area contributed by atoms with Crippen molar-refractivity contribution >= 4 is 11.8 Å². The second kappa shape index (κ2) is 6.55. The lowest BCUT2D eigenvalue weighted by Gasteiger charge is -2.38. The van der Waals surface area contributed by atoms with Crippen molar-refractivity contribution in [2.75, 3.05) is 6.54 Å². The Morgan fingerprint density at radius 1 is 1.33 bits per heavy atom. The predicted molar refractivity (Wildman–Crippen MR) is 90.9 cm³/mol. The van der Waals surface area contributed by atoms with Crippen LogP contribution in [0.15, 0.2) is 18.2 Å². The van der Waals surface area contributed by atoms with E-state index in [2.05, 4.69) is 18.7 Å². The Morgan fingerprint density at radius 3 is 2.71 bits per heavy atom. The van der Waals surface area contributed by atoms with Gasteiger partial charge in [0.15, 0.2) is 0 Å². The van der Waals surface area contributed by atoms with Crippen molar-refractivity contribution in [3.8, 4) is 0 Å². The van der Waals surface area contributed by atoms with Gasteiger partial charge in [-0.1, -0.05) is 19.9 Å². The van der Waals surface area contributed by atoms with E-state index in [9.17, 15) is 9.59 Å². The van der Waals surface area contributed by atoms with Gasteiger partial charge in [-0.15, -0.1) is 0 Å². The van der Waals surface area contributed by atoms with E-state index < -0.39 is 5.91 Å². The van der Waals surface area contributed by atoms with Gasteiger partial charge >= 0.3 is 0 Å². The minimum atomic E-state index is -0.495. The molecule has 2 amide bonds. The zero-order valence-corrected chi connectivity index (χ0v) is 14.5. The van der Waals surface area contributed by atoms with Crippen LogP contribution in [0.5, 0.6) is 0 Å². The van der Waals surface area contributed by atoms with E-state index in [0.717, 1.165) is 56.2 Å². The molecule has 130 valence electrons. The third-order valence-electron chi connectivity index (χ3n) is 5.33. The molecule has 2 aliphatic rings. The lowest BCUT2D eigenvalue weighted by atomic mass is 9.71. The van der Waals surface area contributed by atoms with Crippen molar-refractivity contribution in [2.24, 2.45) is 5.41 Å². The van der Waals surface area contributed by atoms with Crippen LogP contribution in [0.2, 0.25) is 0 Å². The first kappa shape index (κ1) is 17.0. The first-order valence-electron chi connectivity index (χ1n) is 8.86. The molecule has 0 aliphatic heterocycles. The molecule has 5 nitrogen and oxygen atoms in total. The molecule has 0 radical (unpaired) electrons. The average Bonchev–Trinajstić information content (AvgIpc) is 3.42. The average molecular weight is 330 g/mol. The van der Waals surface area contributed by atoms with E-state index in [4.69, 9.17) is 5.21 Å². The van der Waals surface area contributed by atoms with E-state index in [-0.39, 0.29) is 11.3 Å². The van der Waals surface area contributed by atoms with Crippen molar-refractivity contribution in [1.29, 1.82) is 0 Å². The van der Waals surface area contributed by atoms with Crippen molar-refractivity contribution in [2.45, 2.75) is 58.4 Å². The van der Waals surface area contributed by atoms with Crippen LogP contribution >= 0.6 is 0 Å². The number of nitrogens with zero attached hydrogens (tertiary/aromatic N) is 1. The number of fused-ring (bicyclic) bond motifs is 1. The van der Waals surface area contributed by atoms with Gasteiger partial charge in [0.05, 0.1) is 5.41 Å². The quantitative estimate of drug-likeness (QED) is 0.644. The summed E-state index contributed by atoms with van der Waals surface area (Å²) >= 11 is 0. The van der Waals surface area contributed by atoms with Crippen LogP contribution in [0.4, 0.5) is 0 Å². The SMILES string of the molecule is CCCN(C(=O)C1(C)CCc2cc(C(=O)NO)ccc2C1)C1CC1. The van der Waals surface area contributed by atoms with Crippen molar-refractivity contribution in [3.63, 3.8) is 0 Å². The fourth-order valence-electron chi connectivity index (χ4n) is 3.76. The van der Waals surface area contributed by atoms with E-state index in [1.807, 2.05) is 12.1 Å². The number of aryl methyl sites for hydroxylation is 1. The molecule has 0 bridgehead atoms. The Balaban J connectivity index is 1.80. The molecule has 1 unspecified atom stereocenters. The van der Waals surface area contributed by atoms with Gasteiger partial charge in [0.25, 0.3) is 5.91 Å². The van der Waals surface area contributed by atoms with Gasteiger partial charge in [-0.25, -0.2) is 5.48 Å².